The van der Waals surface area contributed by atoms with Crippen molar-refractivity contribution in [1.82, 2.24) is 28.9 Å². The van der Waals surface area contributed by atoms with Crippen LogP contribution in [-0.4, -0.2) is 28.9 Å². The Balaban J connectivity index is 1.13. The summed E-state index contributed by atoms with van der Waals surface area (Å²) >= 11 is 1.31. The van der Waals surface area contributed by atoms with Crippen molar-refractivity contribution in [1.29, 1.82) is 0 Å². The lowest BCUT2D eigenvalue weighted by Crippen LogP contribution is -2.37. The summed E-state index contributed by atoms with van der Waals surface area (Å²) in [5.74, 6) is 1.71. The van der Waals surface area contributed by atoms with Gasteiger partial charge in [0.1, 0.15) is 11.2 Å². The van der Waals surface area contributed by atoms with Gasteiger partial charge in [-0.1, -0.05) is 114 Å². The van der Waals surface area contributed by atoms with E-state index in [-0.39, 0.29) is 0 Å². The molecule has 246 valence electrons. The fourth-order valence-corrected chi connectivity index (χ4v) is 7.74. The van der Waals surface area contributed by atoms with E-state index in [1.807, 2.05) is 115 Å². The Morgan fingerprint density at radius 3 is 1.88 bits per heavy atom. The van der Waals surface area contributed by atoms with Gasteiger partial charge in [-0.3, -0.25) is 0 Å². The molecule has 0 amide bonds. The van der Waals surface area contributed by atoms with Crippen LogP contribution in [0.5, 0.6) is 0 Å². The van der Waals surface area contributed by atoms with Crippen molar-refractivity contribution < 1.29 is 4.42 Å². The highest BCUT2D eigenvalue weighted by atomic mass is 32.1. The fourth-order valence-electron chi connectivity index (χ4n) is 6.70. The third-order valence-electron chi connectivity index (χ3n) is 9.14. The molecule has 4 heterocycles. The van der Waals surface area contributed by atoms with Crippen LogP contribution in [0.25, 0.3) is 88.1 Å². The molecule has 0 aliphatic carbocycles. The number of fused-ring (bicyclic) bond motifs is 6. The summed E-state index contributed by atoms with van der Waals surface area (Å²) in [7, 11) is 0. The van der Waals surface area contributed by atoms with Crippen molar-refractivity contribution in [3.8, 4) is 51.0 Å². The maximum atomic E-state index is 13.6. The van der Waals surface area contributed by atoms with Gasteiger partial charge in [-0.2, -0.15) is 4.98 Å². The molecule has 0 radical (unpaired) electrons. The minimum absolute atomic E-state index is 0.345. The Morgan fingerprint density at radius 2 is 1.17 bits per heavy atom. The van der Waals surface area contributed by atoms with Gasteiger partial charge in [0.05, 0.1) is 15.9 Å². The Labute approximate surface area is 298 Å². The van der Waals surface area contributed by atoms with Crippen LogP contribution < -0.4 is 11.4 Å². The topological polar surface area (TPSA) is 108 Å². The Hall–Kier alpha value is -7.04. The number of para-hydroxylation sites is 1. The van der Waals surface area contributed by atoms with E-state index in [2.05, 4.69) is 11.1 Å². The molecule has 10 rings (SSSR count). The summed E-state index contributed by atoms with van der Waals surface area (Å²) in [6.45, 7) is 0. The highest BCUT2D eigenvalue weighted by molar-refractivity contribution is 7.23. The number of benzene rings is 6. The lowest BCUT2D eigenvalue weighted by Gasteiger charge is -2.09. The number of thiazole rings is 1. The molecule has 0 aliphatic rings. The number of furan rings is 1. The van der Waals surface area contributed by atoms with E-state index in [4.69, 9.17) is 19.4 Å². The Kier molecular flexibility index (Phi) is 6.76. The molecule has 0 bridgehead atoms. The molecular formula is C42H24N6O3S. The standard InChI is InChI=1S/C42H24N6O3S/c49-40-46-41-48(42(50)47(40)29-15-8-3-9-16-29)32-21-19-28(24-35(32)52-41)27-20-22-33-31(23-27)36-30(17-10-18-34(36)51-33)39-44-37(25-11-4-1-5-12-25)43-38(45-39)26-13-6-2-7-14-26/h1-24H. The fraction of sp³-hybridized carbons (Fsp3) is 0. The quantitative estimate of drug-likeness (QED) is 0.177. The average molecular weight is 693 g/mol. The van der Waals surface area contributed by atoms with Crippen LogP contribution >= 0.6 is 11.3 Å². The second kappa shape index (κ2) is 11.8. The van der Waals surface area contributed by atoms with Crippen LogP contribution in [0.15, 0.2) is 160 Å². The smallest absolute Gasteiger partial charge is 0.359 e. The average Bonchev–Trinajstić information content (AvgIpc) is 3.76. The Morgan fingerprint density at radius 1 is 0.538 bits per heavy atom. The van der Waals surface area contributed by atoms with E-state index in [1.165, 1.54) is 15.7 Å². The second-order valence-corrected chi connectivity index (χ2v) is 13.3. The number of nitrogens with zero attached hydrogens (tertiary/aromatic N) is 6. The summed E-state index contributed by atoms with van der Waals surface area (Å²) in [5, 5.41) is 1.82. The monoisotopic (exact) mass is 692 g/mol. The van der Waals surface area contributed by atoms with Crippen molar-refractivity contribution in [3.63, 3.8) is 0 Å². The minimum atomic E-state index is -0.610. The van der Waals surface area contributed by atoms with E-state index in [0.717, 1.165) is 59.0 Å². The summed E-state index contributed by atoms with van der Waals surface area (Å²) in [5.41, 5.74) is 6.06. The van der Waals surface area contributed by atoms with E-state index in [0.29, 0.717) is 33.6 Å². The lowest BCUT2D eigenvalue weighted by atomic mass is 10.0. The molecule has 0 atom stereocenters. The number of rotatable bonds is 5. The highest BCUT2D eigenvalue weighted by Gasteiger charge is 2.19. The summed E-state index contributed by atoms with van der Waals surface area (Å²) < 4.78 is 9.80. The third kappa shape index (κ3) is 4.84. The van der Waals surface area contributed by atoms with Gasteiger partial charge in [-0.05, 0) is 53.6 Å². The molecule has 0 spiro atoms. The summed E-state index contributed by atoms with van der Waals surface area (Å²) in [6.07, 6.45) is 0. The van der Waals surface area contributed by atoms with Gasteiger partial charge in [0.2, 0.25) is 4.96 Å². The molecule has 10 heteroatoms. The summed E-state index contributed by atoms with van der Waals surface area (Å²) in [4.78, 5) is 46.1. The maximum absolute atomic E-state index is 13.6. The van der Waals surface area contributed by atoms with Gasteiger partial charge < -0.3 is 4.42 Å². The van der Waals surface area contributed by atoms with Crippen molar-refractivity contribution >= 4 is 48.5 Å². The maximum Gasteiger partial charge on any atom is 0.359 e. The van der Waals surface area contributed by atoms with Crippen LogP contribution in [0.1, 0.15) is 0 Å². The molecule has 6 aromatic carbocycles. The van der Waals surface area contributed by atoms with E-state index in [1.54, 1.807) is 24.3 Å². The zero-order valence-corrected chi connectivity index (χ0v) is 28.0. The zero-order chi connectivity index (χ0) is 34.8. The van der Waals surface area contributed by atoms with E-state index >= 15 is 0 Å². The molecule has 0 saturated carbocycles. The van der Waals surface area contributed by atoms with Crippen molar-refractivity contribution in [2.75, 3.05) is 0 Å². The molecule has 0 N–H and O–H groups in total. The largest absolute Gasteiger partial charge is 0.456 e. The van der Waals surface area contributed by atoms with Crippen LogP contribution in [0.4, 0.5) is 0 Å². The predicted molar refractivity (Wildman–Crippen MR) is 205 cm³/mol. The highest BCUT2D eigenvalue weighted by Crippen LogP contribution is 2.39. The predicted octanol–water partition coefficient (Wildman–Crippen LogP) is 8.81. The van der Waals surface area contributed by atoms with Crippen LogP contribution in [0.2, 0.25) is 0 Å². The van der Waals surface area contributed by atoms with E-state index in [9.17, 15) is 9.59 Å². The van der Waals surface area contributed by atoms with Gasteiger partial charge in [0, 0.05) is 27.5 Å². The van der Waals surface area contributed by atoms with E-state index < -0.39 is 11.4 Å². The second-order valence-electron chi connectivity index (χ2n) is 12.3. The van der Waals surface area contributed by atoms with Gasteiger partial charge in [-0.15, -0.1) is 0 Å². The lowest BCUT2D eigenvalue weighted by molar-refractivity contribution is 0.669. The first-order valence-electron chi connectivity index (χ1n) is 16.6. The molecule has 0 fully saturated rings. The molecule has 0 unspecified atom stereocenters. The molecule has 0 aliphatic heterocycles. The first kappa shape index (κ1) is 29.8. The van der Waals surface area contributed by atoms with Crippen molar-refractivity contribution in [3.05, 3.63) is 167 Å². The van der Waals surface area contributed by atoms with Gasteiger partial charge in [-0.25, -0.2) is 33.5 Å². The number of hydrogen-bond donors (Lipinski definition) is 0. The summed E-state index contributed by atoms with van der Waals surface area (Å²) in [6, 6.07) is 46.6. The molecule has 10 aromatic rings. The van der Waals surface area contributed by atoms with Crippen LogP contribution in [-0.2, 0) is 0 Å². The first-order valence-corrected chi connectivity index (χ1v) is 17.4. The van der Waals surface area contributed by atoms with Crippen molar-refractivity contribution in [2.24, 2.45) is 0 Å². The van der Waals surface area contributed by atoms with Gasteiger partial charge >= 0.3 is 11.4 Å². The SMILES string of the molecule is O=c1nc2sc3cc(-c4ccc5oc6cccc(-c7nc(-c8ccccc8)nc(-c8ccccc8)n7)c6c5c4)ccc3n2c(=O)n1-c1ccccc1. The van der Waals surface area contributed by atoms with Crippen LogP contribution in [0, 0.1) is 0 Å². The molecule has 4 aromatic heterocycles. The van der Waals surface area contributed by atoms with Crippen molar-refractivity contribution in [2.45, 2.75) is 0 Å². The number of hydrogen-bond acceptors (Lipinski definition) is 8. The Bertz CT molecular complexity index is 3060. The van der Waals surface area contributed by atoms with Gasteiger partial charge in [0.15, 0.2) is 17.5 Å². The third-order valence-corrected chi connectivity index (χ3v) is 10.1. The zero-order valence-electron chi connectivity index (χ0n) is 27.2. The first-order chi connectivity index (χ1) is 25.6. The molecule has 52 heavy (non-hydrogen) atoms. The molecule has 0 saturated heterocycles. The normalized spacial score (nSPS) is 11.6. The molecular weight excluding hydrogens is 669 g/mol. The van der Waals surface area contributed by atoms with Gasteiger partial charge in [0.25, 0.3) is 0 Å². The number of aromatic nitrogens is 6. The van der Waals surface area contributed by atoms with Crippen LogP contribution in [0.3, 0.4) is 0 Å². The molecule has 9 nitrogen and oxygen atoms in total. The minimum Gasteiger partial charge on any atom is -0.456 e.